The van der Waals surface area contributed by atoms with Gasteiger partial charge in [0.15, 0.2) is 0 Å². The summed E-state index contributed by atoms with van der Waals surface area (Å²) in [6.45, 7) is 4.40. The Hall–Kier alpha value is -2.97. The maximum Gasteiger partial charge on any atom is 0.314 e. The minimum atomic E-state index is -0.0750. The van der Waals surface area contributed by atoms with Crippen molar-refractivity contribution in [3.8, 4) is 29.4 Å². The largest absolute Gasteiger partial charge is 0.426 e. The molecule has 0 aromatic heterocycles. The van der Waals surface area contributed by atoms with Gasteiger partial charge in [0, 0.05) is 23.1 Å². The summed E-state index contributed by atoms with van der Waals surface area (Å²) in [7, 11) is 0. The van der Waals surface area contributed by atoms with Crippen LogP contribution in [0.4, 0.5) is 0 Å². The molecule has 2 heteroatoms. The second kappa shape index (κ2) is 15.9. The van der Waals surface area contributed by atoms with Gasteiger partial charge in [-0.15, -0.1) is 0 Å². The van der Waals surface area contributed by atoms with Crippen molar-refractivity contribution < 1.29 is 9.53 Å². The van der Waals surface area contributed by atoms with Crippen LogP contribution in [0.15, 0.2) is 48.5 Å². The average molecular weight is 483 g/mol. The van der Waals surface area contributed by atoms with Gasteiger partial charge < -0.3 is 4.74 Å². The van der Waals surface area contributed by atoms with E-state index in [0.29, 0.717) is 5.75 Å². The van der Waals surface area contributed by atoms with Gasteiger partial charge in [0.2, 0.25) is 0 Å². The lowest BCUT2D eigenvalue weighted by atomic mass is 9.80. The van der Waals surface area contributed by atoms with Crippen LogP contribution in [-0.2, 0) is 4.79 Å². The Bertz CT molecular complexity index is 1030. The quantitative estimate of drug-likeness (QED) is 0.146. The fourth-order valence-corrected chi connectivity index (χ4v) is 4.78. The zero-order chi connectivity index (χ0) is 25.4. The molecule has 2 aromatic carbocycles. The molecule has 0 radical (unpaired) electrons. The van der Waals surface area contributed by atoms with Crippen LogP contribution in [0.2, 0.25) is 0 Å². The second-order valence-corrected chi connectivity index (χ2v) is 10.1. The van der Waals surface area contributed by atoms with E-state index in [4.69, 9.17) is 4.74 Å². The molecule has 0 aliphatic heterocycles. The third-order valence-corrected chi connectivity index (χ3v) is 7.06. The maximum atomic E-state index is 12.7. The summed E-state index contributed by atoms with van der Waals surface area (Å²) in [5, 5.41) is 0. The van der Waals surface area contributed by atoms with E-state index in [1.165, 1.54) is 44.9 Å². The number of unbranched alkanes of at least 4 members (excludes halogenated alkanes) is 6. The summed E-state index contributed by atoms with van der Waals surface area (Å²) < 4.78 is 5.70. The Morgan fingerprint density at radius 3 is 1.89 bits per heavy atom. The first-order chi connectivity index (χ1) is 17.7. The van der Waals surface area contributed by atoms with E-state index in [1.807, 2.05) is 48.5 Å². The Balaban J connectivity index is 1.40. The summed E-state index contributed by atoms with van der Waals surface area (Å²) in [5.41, 5.74) is 2.88. The highest BCUT2D eigenvalue weighted by atomic mass is 16.5. The molecular formula is C34H42O2. The van der Waals surface area contributed by atoms with Crippen LogP contribution in [0.1, 0.15) is 114 Å². The van der Waals surface area contributed by atoms with Crippen molar-refractivity contribution in [3.63, 3.8) is 0 Å². The zero-order valence-corrected chi connectivity index (χ0v) is 22.3. The Morgan fingerprint density at radius 2 is 1.28 bits per heavy atom. The van der Waals surface area contributed by atoms with Crippen molar-refractivity contribution >= 4 is 5.97 Å². The van der Waals surface area contributed by atoms with E-state index in [0.717, 1.165) is 61.1 Å². The summed E-state index contributed by atoms with van der Waals surface area (Å²) in [5.74, 6) is 14.1. The van der Waals surface area contributed by atoms with Crippen LogP contribution >= 0.6 is 0 Å². The van der Waals surface area contributed by atoms with Crippen LogP contribution in [0.25, 0.3) is 0 Å². The molecule has 1 aliphatic carbocycles. The lowest BCUT2D eigenvalue weighted by Gasteiger charge is -2.27. The summed E-state index contributed by atoms with van der Waals surface area (Å²) in [6, 6.07) is 15.5. The van der Waals surface area contributed by atoms with Crippen LogP contribution in [-0.4, -0.2) is 5.97 Å². The summed E-state index contributed by atoms with van der Waals surface area (Å²) >= 11 is 0. The molecule has 0 amide bonds. The van der Waals surface area contributed by atoms with Crippen molar-refractivity contribution in [2.45, 2.75) is 97.3 Å². The Kier molecular flexibility index (Phi) is 12.2. The third kappa shape index (κ3) is 9.95. The fourth-order valence-electron chi connectivity index (χ4n) is 4.78. The topological polar surface area (TPSA) is 26.3 Å². The fraction of sp³-hybridized carbons (Fsp3) is 0.500. The smallest absolute Gasteiger partial charge is 0.314 e. The molecule has 0 N–H and O–H groups in total. The van der Waals surface area contributed by atoms with Crippen LogP contribution < -0.4 is 4.74 Å². The number of rotatable bonds is 10. The van der Waals surface area contributed by atoms with Gasteiger partial charge in [0.1, 0.15) is 5.75 Å². The molecule has 2 nitrogen and oxygen atoms in total. The van der Waals surface area contributed by atoms with Gasteiger partial charge in [-0.05, 0) is 86.6 Å². The van der Waals surface area contributed by atoms with Crippen molar-refractivity contribution in [3.05, 3.63) is 65.2 Å². The van der Waals surface area contributed by atoms with E-state index in [1.54, 1.807) is 0 Å². The van der Waals surface area contributed by atoms with Gasteiger partial charge in [-0.3, -0.25) is 4.79 Å². The number of benzene rings is 2. The number of ether oxygens (including phenoxy) is 1. The average Bonchev–Trinajstić information content (AvgIpc) is 2.91. The molecule has 36 heavy (non-hydrogen) atoms. The van der Waals surface area contributed by atoms with Crippen molar-refractivity contribution in [2.24, 2.45) is 11.8 Å². The monoisotopic (exact) mass is 482 g/mol. The number of hydrogen-bond acceptors (Lipinski definition) is 2. The minimum Gasteiger partial charge on any atom is -0.426 e. The van der Waals surface area contributed by atoms with Crippen LogP contribution in [0, 0.1) is 35.5 Å². The van der Waals surface area contributed by atoms with Crippen LogP contribution in [0.5, 0.6) is 5.75 Å². The predicted molar refractivity (Wildman–Crippen MR) is 150 cm³/mol. The van der Waals surface area contributed by atoms with Gasteiger partial charge in [-0.2, -0.15) is 0 Å². The molecule has 0 unspecified atom stereocenters. The first-order valence-corrected chi connectivity index (χ1v) is 14.1. The van der Waals surface area contributed by atoms with Gasteiger partial charge in [-0.1, -0.05) is 82.5 Å². The maximum absolute atomic E-state index is 12.7. The normalized spacial score (nSPS) is 16.8. The molecule has 1 fully saturated rings. The molecule has 0 atom stereocenters. The number of carbonyl (C=O) groups is 1. The molecule has 2 aromatic rings. The Labute approximate surface area is 219 Å². The molecule has 0 saturated heterocycles. The van der Waals surface area contributed by atoms with E-state index in [9.17, 15) is 4.79 Å². The lowest BCUT2D eigenvalue weighted by Crippen LogP contribution is -2.25. The van der Waals surface area contributed by atoms with Gasteiger partial charge in [0.25, 0.3) is 0 Å². The molecule has 190 valence electrons. The van der Waals surface area contributed by atoms with E-state index < -0.39 is 0 Å². The molecule has 0 spiro atoms. The first kappa shape index (κ1) is 27.6. The molecule has 3 rings (SSSR count). The highest BCUT2D eigenvalue weighted by molar-refractivity contribution is 5.75. The van der Waals surface area contributed by atoms with Gasteiger partial charge in [-0.25, -0.2) is 0 Å². The van der Waals surface area contributed by atoms with Crippen molar-refractivity contribution in [1.29, 1.82) is 0 Å². The van der Waals surface area contributed by atoms with E-state index in [-0.39, 0.29) is 11.9 Å². The summed E-state index contributed by atoms with van der Waals surface area (Å²) in [6.07, 6.45) is 15.7. The zero-order valence-electron chi connectivity index (χ0n) is 22.3. The summed E-state index contributed by atoms with van der Waals surface area (Å²) in [4.78, 5) is 12.7. The highest BCUT2D eigenvalue weighted by Gasteiger charge is 2.27. The first-order valence-electron chi connectivity index (χ1n) is 14.1. The Morgan fingerprint density at radius 1 is 0.722 bits per heavy atom. The molecule has 1 saturated carbocycles. The minimum absolute atomic E-state index is 0.0416. The third-order valence-electron chi connectivity index (χ3n) is 7.06. The van der Waals surface area contributed by atoms with E-state index in [2.05, 4.69) is 37.5 Å². The molecular weight excluding hydrogens is 440 g/mol. The second-order valence-electron chi connectivity index (χ2n) is 10.1. The SMILES string of the molecule is CCCC#Cc1ccc(C#Cc2ccc(OC(=O)C3CCC(CCCCCCCC)CC3)cc2)cc1. The predicted octanol–water partition coefficient (Wildman–Crippen LogP) is 8.70. The van der Waals surface area contributed by atoms with Crippen LogP contribution in [0.3, 0.4) is 0 Å². The standard InChI is InChI=1S/C34H42O2/c1-3-5-7-8-9-11-13-29-20-24-32(25-21-29)34(35)36-33-26-22-31(23-27-33)19-18-30-16-14-28(15-17-30)12-10-6-4-2/h14-17,22-23,26-27,29,32H,3-9,11,13,20-21,24-25H2,1-2H3. The van der Waals surface area contributed by atoms with Crippen molar-refractivity contribution in [1.82, 2.24) is 0 Å². The number of hydrogen-bond donors (Lipinski definition) is 0. The molecule has 0 heterocycles. The lowest BCUT2D eigenvalue weighted by molar-refractivity contribution is -0.140. The highest BCUT2D eigenvalue weighted by Crippen LogP contribution is 2.33. The molecule has 1 aliphatic rings. The number of esters is 1. The van der Waals surface area contributed by atoms with Gasteiger partial charge in [0.05, 0.1) is 5.92 Å². The van der Waals surface area contributed by atoms with Gasteiger partial charge >= 0.3 is 5.97 Å². The van der Waals surface area contributed by atoms with E-state index >= 15 is 0 Å². The van der Waals surface area contributed by atoms with Crippen molar-refractivity contribution in [2.75, 3.05) is 0 Å². The number of carbonyl (C=O) groups excluding carboxylic acids is 1. The molecule has 0 bridgehead atoms.